The van der Waals surface area contributed by atoms with Crippen molar-refractivity contribution in [2.75, 3.05) is 32.6 Å². The molecule has 0 aliphatic rings. The predicted octanol–water partition coefficient (Wildman–Crippen LogP) is 0.435. The molecule has 0 heterocycles. The van der Waals surface area contributed by atoms with Gasteiger partial charge in [0.2, 0.25) is 0 Å². The number of aliphatic hydroxyl groups is 1. The molecule has 16 heavy (non-hydrogen) atoms. The van der Waals surface area contributed by atoms with Gasteiger partial charge < -0.3 is 25.6 Å². The third-order valence-electron chi connectivity index (χ3n) is 2.21. The summed E-state index contributed by atoms with van der Waals surface area (Å²) in [6, 6.07) is 5.42. The Morgan fingerprint density at radius 3 is 2.69 bits per heavy atom. The van der Waals surface area contributed by atoms with E-state index < -0.39 is 6.10 Å². The number of hydrogen-bond acceptors (Lipinski definition) is 5. The highest BCUT2D eigenvalue weighted by atomic mass is 16.5. The summed E-state index contributed by atoms with van der Waals surface area (Å²) in [5.74, 6) is 1.43. The molecule has 0 radical (unpaired) electrons. The average molecular weight is 226 g/mol. The molecule has 0 saturated heterocycles. The maximum Gasteiger partial charge on any atom is 0.142 e. The smallest absolute Gasteiger partial charge is 0.142 e. The predicted molar refractivity (Wildman–Crippen MR) is 63.1 cm³/mol. The van der Waals surface area contributed by atoms with Crippen LogP contribution >= 0.6 is 0 Å². The molecule has 1 unspecified atom stereocenters. The zero-order chi connectivity index (χ0) is 12.0. The Labute approximate surface area is 95.2 Å². The second-order valence-electron chi connectivity index (χ2n) is 3.34. The van der Waals surface area contributed by atoms with Gasteiger partial charge in [0.15, 0.2) is 0 Å². The lowest BCUT2D eigenvalue weighted by Gasteiger charge is -2.14. The van der Waals surface area contributed by atoms with E-state index in [0.29, 0.717) is 12.3 Å². The molecule has 1 aromatic carbocycles. The number of hydrogen-bond donors (Lipinski definition) is 3. The van der Waals surface area contributed by atoms with E-state index in [-0.39, 0.29) is 6.54 Å². The first kappa shape index (κ1) is 12.6. The standard InChI is InChI=1S/C11H18N2O3/c1-15-9-3-4-11(16-2)10(5-9)13-7-8(14)6-12/h3-5,8,13-14H,6-7,12H2,1-2H3. The van der Waals surface area contributed by atoms with Crippen LogP contribution in [0, 0.1) is 0 Å². The van der Waals surface area contributed by atoms with E-state index in [0.717, 1.165) is 11.4 Å². The molecule has 5 nitrogen and oxygen atoms in total. The summed E-state index contributed by atoms with van der Waals surface area (Å²) in [4.78, 5) is 0. The molecule has 0 aromatic heterocycles. The molecule has 0 aliphatic heterocycles. The van der Waals surface area contributed by atoms with Crippen LogP contribution in [0.2, 0.25) is 0 Å². The van der Waals surface area contributed by atoms with Gasteiger partial charge in [-0.1, -0.05) is 0 Å². The Morgan fingerprint density at radius 1 is 1.38 bits per heavy atom. The van der Waals surface area contributed by atoms with Gasteiger partial charge in [-0.2, -0.15) is 0 Å². The lowest BCUT2D eigenvalue weighted by Crippen LogP contribution is -2.27. The summed E-state index contributed by atoms with van der Waals surface area (Å²) in [7, 11) is 3.19. The fourth-order valence-corrected chi connectivity index (χ4v) is 1.26. The quantitative estimate of drug-likeness (QED) is 0.656. The number of ether oxygens (including phenoxy) is 2. The van der Waals surface area contributed by atoms with E-state index in [2.05, 4.69) is 5.32 Å². The van der Waals surface area contributed by atoms with E-state index in [4.69, 9.17) is 15.2 Å². The van der Waals surface area contributed by atoms with Crippen LogP contribution in [0.4, 0.5) is 5.69 Å². The SMILES string of the molecule is COc1ccc(OC)c(NCC(O)CN)c1. The topological polar surface area (TPSA) is 76.7 Å². The number of rotatable bonds is 6. The summed E-state index contributed by atoms with van der Waals surface area (Å²) in [6.07, 6.45) is -0.573. The molecular formula is C11H18N2O3. The van der Waals surface area contributed by atoms with Crippen LogP contribution in [0.5, 0.6) is 11.5 Å². The van der Waals surface area contributed by atoms with Crippen LogP contribution < -0.4 is 20.5 Å². The van der Waals surface area contributed by atoms with Gasteiger partial charge in [0.05, 0.1) is 26.0 Å². The van der Waals surface area contributed by atoms with Gasteiger partial charge in [0, 0.05) is 19.2 Å². The van der Waals surface area contributed by atoms with E-state index in [1.54, 1.807) is 20.3 Å². The van der Waals surface area contributed by atoms with Gasteiger partial charge in [0.1, 0.15) is 11.5 Å². The molecule has 1 atom stereocenters. The number of benzene rings is 1. The molecule has 0 amide bonds. The van der Waals surface area contributed by atoms with Crippen LogP contribution in [0.1, 0.15) is 0 Å². The Balaban J connectivity index is 2.75. The maximum absolute atomic E-state index is 9.35. The van der Waals surface area contributed by atoms with Crippen molar-refractivity contribution in [3.8, 4) is 11.5 Å². The average Bonchev–Trinajstić information content (AvgIpc) is 2.35. The third-order valence-corrected chi connectivity index (χ3v) is 2.21. The van der Waals surface area contributed by atoms with Crippen molar-refractivity contribution < 1.29 is 14.6 Å². The Hall–Kier alpha value is -1.46. The number of methoxy groups -OCH3 is 2. The molecule has 0 fully saturated rings. The summed E-state index contributed by atoms with van der Waals surface area (Å²) in [5, 5.41) is 12.4. The first-order chi connectivity index (χ1) is 7.71. The first-order valence-corrected chi connectivity index (χ1v) is 5.05. The van der Waals surface area contributed by atoms with Crippen molar-refractivity contribution in [2.24, 2.45) is 5.73 Å². The van der Waals surface area contributed by atoms with Crippen molar-refractivity contribution in [1.82, 2.24) is 0 Å². The molecule has 0 spiro atoms. The zero-order valence-electron chi connectivity index (χ0n) is 9.56. The van der Waals surface area contributed by atoms with Crippen molar-refractivity contribution in [3.63, 3.8) is 0 Å². The molecule has 0 aliphatic carbocycles. The summed E-state index contributed by atoms with van der Waals surface area (Å²) < 4.78 is 10.3. The highest BCUT2D eigenvalue weighted by molar-refractivity contribution is 5.59. The monoisotopic (exact) mass is 226 g/mol. The molecular weight excluding hydrogens is 208 g/mol. The highest BCUT2D eigenvalue weighted by Gasteiger charge is 2.06. The fourth-order valence-electron chi connectivity index (χ4n) is 1.26. The molecule has 1 aromatic rings. The van der Waals surface area contributed by atoms with Crippen molar-refractivity contribution in [2.45, 2.75) is 6.10 Å². The van der Waals surface area contributed by atoms with Gasteiger partial charge in [-0.25, -0.2) is 0 Å². The minimum Gasteiger partial charge on any atom is -0.497 e. The molecule has 0 bridgehead atoms. The number of anilines is 1. The van der Waals surface area contributed by atoms with Crippen molar-refractivity contribution in [1.29, 1.82) is 0 Å². The summed E-state index contributed by atoms with van der Waals surface area (Å²) in [6.45, 7) is 0.597. The van der Waals surface area contributed by atoms with Gasteiger partial charge >= 0.3 is 0 Å². The van der Waals surface area contributed by atoms with Crippen molar-refractivity contribution in [3.05, 3.63) is 18.2 Å². The van der Waals surface area contributed by atoms with E-state index in [9.17, 15) is 5.11 Å². The highest BCUT2D eigenvalue weighted by Crippen LogP contribution is 2.28. The van der Waals surface area contributed by atoms with E-state index >= 15 is 0 Å². The van der Waals surface area contributed by atoms with E-state index in [1.807, 2.05) is 12.1 Å². The second-order valence-corrected chi connectivity index (χ2v) is 3.34. The number of nitrogens with two attached hydrogens (primary N) is 1. The molecule has 5 heteroatoms. The number of aliphatic hydroxyl groups excluding tert-OH is 1. The largest absolute Gasteiger partial charge is 0.497 e. The van der Waals surface area contributed by atoms with Crippen LogP contribution in [-0.4, -0.2) is 38.5 Å². The molecule has 1 rings (SSSR count). The lowest BCUT2D eigenvalue weighted by atomic mass is 10.2. The molecule has 4 N–H and O–H groups in total. The zero-order valence-corrected chi connectivity index (χ0v) is 9.56. The fraction of sp³-hybridized carbons (Fsp3) is 0.455. The maximum atomic E-state index is 9.35. The first-order valence-electron chi connectivity index (χ1n) is 5.05. The number of nitrogens with one attached hydrogen (secondary N) is 1. The second kappa shape index (κ2) is 6.19. The van der Waals surface area contributed by atoms with Crippen LogP contribution in [-0.2, 0) is 0 Å². The summed E-state index contributed by atoms with van der Waals surface area (Å²) in [5.41, 5.74) is 6.09. The molecule has 90 valence electrons. The summed E-state index contributed by atoms with van der Waals surface area (Å²) >= 11 is 0. The molecule has 0 saturated carbocycles. The van der Waals surface area contributed by atoms with Crippen LogP contribution in [0.25, 0.3) is 0 Å². The third kappa shape index (κ3) is 3.29. The van der Waals surface area contributed by atoms with Crippen LogP contribution in [0.3, 0.4) is 0 Å². The van der Waals surface area contributed by atoms with Gasteiger partial charge in [-0.3, -0.25) is 0 Å². The van der Waals surface area contributed by atoms with Gasteiger partial charge in [0.25, 0.3) is 0 Å². The van der Waals surface area contributed by atoms with Gasteiger partial charge in [-0.15, -0.1) is 0 Å². The minimum absolute atomic E-state index is 0.222. The Bertz CT molecular complexity index is 331. The van der Waals surface area contributed by atoms with Crippen LogP contribution in [0.15, 0.2) is 18.2 Å². The van der Waals surface area contributed by atoms with E-state index in [1.165, 1.54) is 0 Å². The Morgan fingerprint density at radius 2 is 2.12 bits per heavy atom. The Kier molecular flexibility index (Phi) is 4.88. The normalized spacial score (nSPS) is 12.0. The minimum atomic E-state index is -0.573. The van der Waals surface area contributed by atoms with Gasteiger partial charge in [-0.05, 0) is 12.1 Å². The van der Waals surface area contributed by atoms with Crippen molar-refractivity contribution >= 4 is 5.69 Å². The lowest BCUT2D eigenvalue weighted by molar-refractivity contribution is 0.196.